The van der Waals surface area contributed by atoms with Gasteiger partial charge in [-0.05, 0) is 56.2 Å². The molecule has 0 unspecified atom stereocenters. The summed E-state index contributed by atoms with van der Waals surface area (Å²) >= 11 is 0. The number of hydrogen-bond acceptors (Lipinski definition) is 4. The van der Waals surface area contributed by atoms with Gasteiger partial charge in [-0.1, -0.05) is 26.2 Å². The number of ether oxygens (including phenoxy) is 1. The van der Waals surface area contributed by atoms with Gasteiger partial charge in [0.25, 0.3) is 0 Å². The van der Waals surface area contributed by atoms with Gasteiger partial charge in [0.1, 0.15) is 0 Å². The lowest BCUT2D eigenvalue weighted by molar-refractivity contribution is -0.0459. The van der Waals surface area contributed by atoms with Crippen molar-refractivity contribution in [3.8, 4) is 0 Å². The molecule has 1 aromatic carbocycles. The predicted molar refractivity (Wildman–Crippen MR) is 107 cm³/mol. The molecule has 0 amide bonds. The van der Waals surface area contributed by atoms with Crippen LogP contribution in [-0.2, 0) is 14.8 Å². The lowest BCUT2D eigenvalue weighted by atomic mass is 9.71. The Bertz CT molecular complexity index is 759. The molecule has 1 saturated carbocycles. The summed E-state index contributed by atoms with van der Waals surface area (Å²) in [5.41, 5.74) is 2.08. The highest BCUT2D eigenvalue weighted by Crippen LogP contribution is 2.48. The van der Waals surface area contributed by atoms with Gasteiger partial charge in [0, 0.05) is 36.4 Å². The fraction of sp³-hybridized carbons (Fsp3) is 0.714. The molecule has 0 radical (unpaired) electrons. The largest absolute Gasteiger partial charge is 0.381 e. The topological polar surface area (TPSA) is 67.4 Å². The third-order valence-electron chi connectivity index (χ3n) is 6.49. The highest BCUT2D eigenvalue weighted by molar-refractivity contribution is 7.89. The van der Waals surface area contributed by atoms with Gasteiger partial charge in [-0.15, -0.1) is 0 Å². The van der Waals surface area contributed by atoms with Crippen LogP contribution in [0.4, 0.5) is 5.69 Å². The summed E-state index contributed by atoms with van der Waals surface area (Å²) in [7, 11) is -3.46. The smallest absolute Gasteiger partial charge is 0.240 e. The lowest BCUT2D eigenvalue weighted by Crippen LogP contribution is -2.46. The summed E-state index contributed by atoms with van der Waals surface area (Å²) in [6.45, 7) is 3.19. The number of hydrogen-bond donors (Lipinski definition) is 2. The van der Waals surface area contributed by atoms with Crippen LogP contribution in [0, 0.1) is 11.8 Å². The molecule has 3 atom stereocenters. The quantitative estimate of drug-likeness (QED) is 0.787. The van der Waals surface area contributed by atoms with Gasteiger partial charge in [0.15, 0.2) is 0 Å². The van der Waals surface area contributed by atoms with E-state index in [2.05, 4.69) is 10.0 Å². The molecule has 0 bridgehead atoms. The van der Waals surface area contributed by atoms with Gasteiger partial charge in [-0.3, -0.25) is 0 Å². The summed E-state index contributed by atoms with van der Waals surface area (Å²) in [6, 6.07) is 5.95. The van der Waals surface area contributed by atoms with E-state index in [1.54, 1.807) is 6.07 Å². The number of benzene rings is 1. The van der Waals surface area contributed by atoms with E-state index in [1.807, 2.05) is 19.1 Å². The van der Waals surface area contributed by atoms with Crippen molar-refractivity contribution < 1.29 is 13.2 Å². The van der Waals surface area contributed by atoms with Crippen molar-refractivity contribution >= 4 is 15.7 Å². The first-order valence-corrected chi connectivity index (χ1v) is 12.1. The molecule has 1 saturated heterocycles. The first-order valence-electron chi connectivity index (χ1n) is 10.6. The number of anilines is 1. The third-order valence-corrected chi connectivity index (χ3v) is 7.95. The minimum atomic E-state index is -3.46. The molecule has 0 spiro atoms. The summed E-state index contributed by atoms with van der Waals surface area (Å²) in [4.78, 5) is 0.348. The lowest BCUT2D eigenvalue weighted by Gasteiger charge is -2.47. The number of sulfonamides is 1. The zero-order valence-corrected chi connectivity index (χ0v) is 17.1. The summed E-state index contributed by atoms with van der Waals surface area (Å²) in [6.07, 6.45) is 9.65. The molecule has 0 aromatic heterocycles. The van der Waals surface area contributed by atoms with Crippen LogP contribution < -0.4 is 10.0 Å². The SMILES string of the molecule is CCCNS(=O)(=O)c1ccc2c(c1)[C@H]1OCCC[C@H]1[C@H](C1CCCCC1)N2. The Kier molecular flexibility index (Phi) is 5.76. The first kappa shape index (κ1) is 19.2. The van der Waals surface area contributed by atoms with Crippen LogP contribution in [0.5, 0.6) is 0 Å². The zero-order chi connectivity index (χ0) is 18.9. The molecule has 1 aliphatic carbocycles. The molecule has 4 rings (SSSR count). The second-order valence-electron chi connectivity index (χ2n) is 8.31. The van der Waals surface area contributed by atoms with Crippen LogP contribution in [0.25, 0.3) is 0 Å². The van der Waals surface area contributed by atoms with Crippen LogP contribution in [0.1, 0.15) is 70.0 Å². The number of rotatable bonds is 5. The average molecular weight is 393 g/mol. The highest BCUT2D eigenvalue weighted by atomic mass is 32.2. The third kappa shape index (κ3) is 3.89. The van der Waals surface area contributed by atoms with E-state index in [0.29, 0.717) is 29.3 Å². The molecular weight excluding hydrogens is 360 g/mol. The second kappa shape index (κ2) is 8.10. The Labute approximate surface area is 163 Å². The summed E-state index contributed by atoms with van der Waals surface area (Å²) < 4.78 is 34.1. The van der Waals surface area contributed by atoms with Gasteiger partial charge in [0.2, 0.25) is 10.0 Å². The van der Waals surface area contributed by atoms with Crippen LogP contribution in [0.15, 0.2) is 23.1 Å². The second-order valence-corrected chi connectivity index (χ2v) is 10.1. The van der Waals surface area contributed by atoms with Crippen molar-refractivity contribution in [3.63, 3.8) is 0 Å². The maximum absolute atomic E-state index is 12.6. The Balaban J connectivity index is 1.65. The average Bonchev–Trinajstić information content (AvgIpc) is 2.72. The zero-order valence-electron chi connectivity index (χ0n) is 16.2. The summed E-state index contributed by atoms with van der Waals surface area (Å²) in [5, 5.41) is 3.79. The number of nitrogens with one attached hydrogen (secondary N) is 2. The van der Waals surface area contributed by atoms with Crippen molar-refractivity contribution in [2.45, 2.75) is 75.3 Å². The standard InChI is InChI=1S/C21H32N2O3S/c1-2-12-22-27(24,25)16-10-11-19-18(14-16)21-17(9-6-13-26-21)20(23-19)15-7-4-3-5-8-15/h10-11,14-15,17,20-23H,2-9,12-13H2,1H3/t17-,20-,21-/m0/s1. The summed E-state index contributed by atoms with van der Waals surface area (Å²) in [5.74, 6) is 1.15. The molecule has 3 aliphatic rings. The molecule has 2 aliphatic heterocycles. The van der Waals surface area contributed by atoms with E-state index in [4.69, 9.17) is 4.74 Å². The van der Waals surface area contributed by atoms with E-state index in [0.717, 1.165) is 37.1 Å². The molecule has 1 aromatic rings. The van der Waals surface area contributed by atoms with Gasteiger partial charge < -0.3 is 10.1 Å². The fourth-order valence-corrected chi connectivity index (χ4v) is 6.30. The molecule has 27 heavy (non-hydrogen) atoms. The Morgan fingerprint density at radius 1 is 1.15 bits per heavy atom. The van der Waals surface area contributed by atoms with E-state index in [-0.39, 0.29) is 6.10 Å². The minimum Gasteiger partial charge on any atom is -0.381 e. The molecule has 2 N–H and O–H groups in total. The molecule has 2 fully saturated rings. The van der Waals surface area contributed by atoms with Crippen LogP contribution in [-0.4, -0.2) is 27.6 Å². The Hall–Kier alpha value is -1.11. The molecule has 150 valence electrons. The highest BCUT2D eigenvalue weighted by Gasteiger charge is 2.42. The molecular formula is C21H32N2O3S. The minimum absolute atomic E-state index is 0.0169. The maximum Gasteiger partial charge on any atom is 0.240 e. The van der Waals surface area contributed by atoms with Crippen molar-refractivity contribution in [2.24, 2.45) is 11.8 Å². The molecule has 2 heterocycles. The van der Waals surface area contributed by atoms with Gasteiger partial charge in [-0.25, -0.2) is 13.1 Å². The van der Waals surface area contributed by atoms with Crippen LogP contribution >= 0.6 is 0 Å². The Morgan fingerprint density at radius 3 is 2.74 bits per heavy atom. The van der Waals surface area contributed by atoms with Crippen LogP contribution in [0.2, 0.25) is 0 Å². The molecule has 5 nitrogen and oxygen atoms in total. The fourth-order valence-electron chi connectivity index (χ4n) is 5.13. The van der Waals surface area contributed by atoms with E-state index < -0.39 is 10.0 Å². The van der Waals surface area contributed by atoms with Crippen LogP contribution in [0.3, 0.4) is 0 Å². The van der Waals surface area contributed by atoms with Crippen molar-refractivity contribution in [1.82, 2.24) is 4.72 Å². The van der Waals surface area contributed by atoms with Crippen molar-refractivity contribution in [2.75, 3.05) is 18.5 Å². The predicted octanol–water partition coefficient (Wildman–Crippen LogP) is 4.22. The normalized spacial score (nSPS) is 28.9. The van der Waals surface area contributed by atoms with E-state index in [1.165, 1.54) is 32.1 Å². The van der Waals surface area contributed by atoms with Crippen molar-refractivity contribution in [1.29, 1.82) is 0 Å². The first-order chi connectivity index (χ1) is 13.1. The molecule has 6 heteroatoms. The monoisotopic (exact) mass is 392 g/mol. The van der Waals surface area contributed by atoms with Crippen molar-refractivity contribution in [3.05, 3.63) is 23.8 Å². The van der Waals surface area contributed by atoms with E-state index in [9.17, 15) is 8.42 Å². The van der Waals surface area contributed by atoms with Gasteiger partial charge in [-0.2, -0.15) is 0 Å². The van der Waals surface area contributed by atoms with E-state index >= 15 is 0 Å². The maximum atomic E-state index is 12.6. The number of fused-ring (bicyclic) bond motifs is 3. The van der Waals surface area contributed by atoms with Gasteiger partial charge >= 0.3 is 0 Å². The van der Waals surface area contributed by atoms with Gasteiger partial charge in [0.05, 0.1) is 11.0 Å². The Morgan fingerprint density at radius 2 is 1.96 bits per heavy atom.